The Kier molecular flexibility index (Phi) is 6.09. The normalized spacial score (nSPS) is 15.9. The molecule has 1 aliphatic heterocycles. The molecular formula is C25H30N8O3. The lowest BCUT2D eigenvalue weighted by atomic mass is 9.91. The van der Waals surface area contributed by atoms with Crippen molar-refractivity contribution in [3.8, 4) is 11.6 Å². The second-order valence-electron chi connectivity index (χ2n) is 9.90. The van der Waals surface area contributed by atoms with E-state index in [-0.39, 0.29) is 17.4 Å². The lowest BCUT2D eigenvalue weighted by molar-refractivity contribution is -0.114. The quantitative estimate of drug-likeness (QED) is 0.410. The third-order valence-corrected chi connectivity index (χ3v) is 5.94. The summed E-state index contributed by atoms with van der Waals surface area (Å²) in [6.45, 7) is 9.41. The zero-order valence-electron chi connectivity index (χ0n) is 21.1. The van der Waals surface area contributed by atoms with Crippen molar-refractivity contribution < 1.29 is 14.3 Å². The Morgan fingerprint density at radius 1 is 1.17 bits per heavy atom. The molecule has 188 valence electrons. The van der Waals surface area contributed by atoms with Crippen molar-refractivity contribution in [3.63, 3.8) is 0 Å². The monoisotopic (exact) mass is 490 g/mol. The molecule has 1 saturated heterocycles. The molecule has 11 heteroatoms. The molecule has 4 aromatic heterocycles. The molecule has 0 unspecified atom stereocenters. The highest BCUT2D eigenvalue weighted by Crippen LogP contribution is 2.32. The van der Waals surface area contributed by atoms with Gasteiger partial charge in [0.2, 0.25) is 17.7 Å². The molecule has 0 bridgehead atoms. The molecule has 36 heavy (non-hydrogen) atoms. The van der Waals surface area contributed by atoms with Crippen LogP contribution in [-0.4, -0.2) is 48.4 Å². The summed E-state index contributed by atoms with van der Waals surface area (Å²) in [6.07, 6.45) is 2.51. The number of pyridine rings is 2. The van der Waals surface area contributed by atoms with Crippen LogP contribution in [0.2, 0.25) is 0 Å². The van der Waals surface area contributed by atoms with Crippen LogP contribution in [0.4, 0.5) is 17.6 Å². The van der Waals surface area contributed by atoms with Crippen molar-refractivity contribution in [2.45, 2.75) is 45.6 Å². The number of hydrogen-bond acceptors (Lipinski definition) is 8. The summed E-state index contributed by atoms with van der Waals surface area (Å²) >= 11 is 0. The number of aromatic nitrogens is 6. The zero-order chi connectivity index (χ0) is 25.4. The highest BCUT2D eigenvalue weighted by atomic mass is 16.5. The van der Waals surface area contributed by atoms with Gasteiger partial charge in [-0.3, -0.25) is 14.0 Å². The van der Waals surface area contributed by atoms with Gasteiger partial charge in [0, 0.05) is 56.1 Å². The maximum absolute atomic E-state index is 11.3. The van der Waals surface area contributed by atoms with Crippen molar-refractivity contribution in [1.29, 1.82) is 0 Å². The van der Waals surface area contributed by atoms with Gasteiger partial charge in [0.05, 0.1) is 12.6 Å². The lowest BCUT2D eigenvalue weighted by Crippen LogP contribution is -2.22. The standard InChI is InChI=1S/C25H30N8O3/c1-15(34)27-20-12-17(8-10-26-20)36-22-7-6-18-23(30-22)32(5)24(28-18)29-21-13-19(25(2,3)4)33(31-21)16-9-11-35-14-16/h6-8,10,12-13,16H,9,11,14H2,1-5H3,(H,26,27,34)(H,28,29,31)/t16-/m0/s1. The van der Waals surface area contributed by atoms with Crippen LogP contribution < -0.4 is 15.4 Å². The number of carbonyl (C=O) groups excluding carboxylic acids is 1. The van der Waals surface area contributed by atoms with Crippen LogP contribution in [0.1, 0.15) is 45.9 Å². The average molecular weight is 491 g/mol. The highest BCUT2D eigenvalue weighted by Gasteiger charge is 2.28. The Labute approximate surface area is 208 Å². The van der Waals surface area contributed by atoms with Gasteiger partial charge >= 0.3 is 0 Å². The fraction of sp³-hybridized carbons (Fsp3) is 0.400. The molecule has 1 fully saturated rings. The van der Waals surface area contributed by atoms with E-state index in [4.69, 9.17) is 19.6 Å². The van der Waals surface area contributed by atoms with Gasteiger partial charge in [-0.15, -0.1) is 0 Å². The van der Waals surface area contributed by atoms with E-state index in [1.807, 2.05) is 17.7 Å². The summed E-state index contributed by atoms with van der Waals surface area (Å²) in [5.74, 6) is 2.47. The third-order valence-electron chi connectivity index (χ3n) is 5.94. The third kappa shape index (κ3) is 4.87. The Bertz CT molecular complexity index is 1410. The maximum atomic E-state index is 11.3. The number of nitrogens with zero attached hydrogens (tertiary/aromatic N) is 6. The molecule has 11 nitrogen and oxygen atoms in total. The van der Waals surface area contributed by atoms with Crippen molar-refractivity contribution >= 4 is 34.7 Å². The van der Waals surface area contributed by atoms with Crippen molar-refractivity contribution in [2.24, 2.45) is 7.05 Å². The first-order valence-corrected chi connectivity index (χ1v) is 11.9. The van der Waals surface area contributed by atoms with E-state index in [2.05, 4.69) is 52.1 Å². The summed E-state index contributed by atoms with van der Waals surface area (Å²) in [5, 5.41) is 10.9. The van der Waals surface area contributed by atoms with Crippen LogP contribution in [0.5, 0.6) is 11.6 Å². The first-order chi connectivity index (χ1) is 17.2. The minimum absolute atomic E-state index is 0.0670. The molecular weight excluding hydrogens is 460 g/mol. The number of rotatable bonds is 6. The number of amides is 1. The summed E-state index contributed by atoms with van der Waals surface area (Å²) in [5.41, 5.74) is 2.46. The van der Waals surface area contributed by atoms with Gasteiger partial charge in [-0.25, -0.2) is 9.97 Å². The van der Waals surface area contributed by atoms with E-state index in [1.54, 1.807) is 24.4 Å². The van der Waals surface area contributed by atoms with Gasteiger partial charge < -0.3 is 20.1 Å². The number of aryl methyl sites for hydroxylation is 1. The summed E-state index contributed by atoms with van der Waals surface area (Å²) in [6, 6.07) is 9.26. The number of anilines is 3. The molecule has 1 amide bonds. The molecule has 0 saturated carbocycles. The van der Waals surface area contributed by atoms with Crippen molar-refractivity contribution in [3.05, 3.63) is 42.2 Å². The second-order valence-corrected chi connectivity index (χ2v) is 9.90. The summed E-state index contributed by atoms with van der Waals surface area (Å²) < 4.78 is 15.5. The van der Waals surface area contributed by atoms with E-state index < -0.39 is 0 Å². The molecule has 0 radical (unpaired) electrons. The molecule has 0 aromatic carbocycles. The SMILES string of the molecule is CC(=O)Nc1cc(Oc2ccc3nc(Nc4cc(C(C)(C)C)n([C@H]5CCOC5)n4)n(C)c3n2)ccn1. The van der Waals surface area contributed by atoms with Crippen LogP contribution in [-0.2, 0) is 22.0 Å². The number of hydrogen-bond donors (Lipinski definition) is 2. The minimum atomic E-state index is -0.204. The molecule has 4 aromatic rings. The largest absolute Gasteiger partial charge is 0.439 e. The van der Waals surface area contributed by atoms with E-state index in [9.17, 15) is 4.79 Å². The van der Waals surface area contributed by atoms with Crippen LogP contribution in [0.15, 0.2) is 36.5 Å². The Morgan fingerprint density at radius 2 is 2.00 bits per heavy atom. The first kappa shape index (κ1) is 23.7. The van der Waals surface area contributed by atoms with Crippen molar-refractivity contribution in [2.75, 3.05) is 23.8 Å². The predicted octanol–water partition coefficient (Wildman–Crippen LogP) is 4.31. The number of imidazole rings is 1. The topological polar surface area (TPSA) is 121 Å². The van der Waals surface area contributed by atoms with Gasteiger partial charge in [-0.2, -0.15) is 10.1 Å². The lowest BCUT2D eigenvalue weighted by Gasteiger charge is -2.22. The predicted molar refractivity (Wildman–Crippen MR) is 136 cm³/mol. The van der Waals surface area contributed by atoms with Crippen molar-refractivity contribution in [1.82, 2.24) is 29.3 Å². The van der Waals surface area contributed by atoms with Gasteiger partial charge in [0.25, 0.3) is 0 Å². The summed E-state index contributed by atoms with van der Waals surface area (Å²) in [4.78, 5) is 24.8. The fourth-order valence-electron chi connectivity index (χ4n) is 4.18. The Hall–Kier alpha value is -3.99. The Morgan fingerprint density at radius 3 is 2.72 bits per heavy atom. The van der Waals surface area contributed by atoms with Gasteiger partial charge in [0.1, 0.15) is 17.1 Å². The molecule has 0 aliphatic carbocycles. The molecule has 1 aliphatic rings. The highest BCUT2D eigenvalue weighted by molar-refractivity contribution is 5.87. The molecule has 0 spiro atoms. The second kappa shape index (κ2) is 9.23. The molecule has 2 N–H and O–H groups in total. The first-order valence-electron chi connectivity index (χ1n) is 11.9. The number of nitrogens with one attached hydrogen (secondary N) is 2. The summed E-state index contributed by atoms with van der Waals surface area (Å²) in [7, 11) is 1.89. The van der Waals surface area contributed by atoms with Gasteiger partial charge in [0.15, 0.2) is 11.5 Å². The van der Waals surface area contributed by atoms with Gasteiger partial charge in [-0.05, 0) is 18.6 Å². The Balaban J connectivity index is 1.40. The van der Waals surface area contributed by atoms with E-state index >= 15 is 0 Å². The molecule has 1 atom stereocenters. The van der Waals surface area contributed by atoms with E-state index in [0.29, 0.717) is 35.6 Å². The maximum Gasteiger partial charge on any atom is 0.222 e. The van der Waals surface area contributed by atoms with E-state index in [0.717, 1.165) is 30.1 Å². The fourth-order valence-corrected chi connectivity index (χ4v) is 4.18. The van der Waals surface area contributed by atoms with Crippen LogP contribution in [0, 0.1) is 0 Å². The molecule has 5 heterocycles. The number of ether oxygens (including phenoxy) is 2. The smallest absolute Gasteiger partial charge is 0.222 e. The number of carbonyl (C=O) groups is 1. The average Bonchev–Trinajstić information content (AvgIpc) is 3.54. The molecule has 5 rings (SSSR count). The zero-order valence-corrected chi connectivity index (χ0v) is 21.1. The number of fused-ring (bicyclic) bond motifs is 1. The van der Waals surface area contributed by atoms with Gasteiger partial charge in [-0.1, -0.05) is 20.8 Å². The van der Waals surface area contributed by atoms with E-state index in [1.165, 1.54) is 6.92 Å². The van der Waals surface area contributed by atoms with Crippen LogP contribution in [0.25, 0.3) is 11.2 Å². The minimum Gasteiger partial charge on any atom is -0.439 e. The van der Waals surface area contributed by atoms with Crippen LogP contribution >= 0.6 is 0 Å². The van der Waals surface area contributed by atoms with Crippen LogP contribution in [0.3, 0.4) is 0 Å².